The number of amides is 1. The summed E-state index contributed by atoms with van der Waals surface area (Å²) in [5, 5.41) is 9.36. The van der Waals surface area contributed by atoms with Gasteiger partial charge < -0.3 is 14.4 Å². The van der Waals surface area contributed by atoms with Crippen molar-refractivity contribution in [1.29, 1.82) is 5.26 Å². The molecule has 0 spiro atoms. The van der Waals surface area contributed by atoms with E-state index >= 15 is 0 Å². The van der Waals surface area contributed by atoms with E-state index in [4.69, 9.17) is 9.47 Å². The van der Waals surface area contributed by atoms with Gasteiger partial charge in [0, 0.05) is 13.1 Å². The van der Waals surface area contributed by atoms with E-state index in [1.807, 2.05) is 6.07 Å². The second-order valence-corrected chi connectivity index (χ2v) is 5.49. The SMILES string of the molecule is COc1ccc(/C=C(/C#N)C(=O)N2CCCCCC2)cc1OC. The standard InChI is InChI=1S/C18H22N2O3/c1-22-16-8-7-14(12-17(16)23-2)11-15(13-19)18(21)20-9-5-3-4-6-10-20/h7-8,11-12H,3-6,9-10H2,1-2H3/b15-11-. The molecule has 0 unspecified atom stereocenters. The van der Waals surface area contributed by atoms with Gasteiger partial charge >= 0.3 is 0 Å². The quantitative estimate of drug-likeness (QED) is 0.633. The van der Waals surface area contributed by atoms with Crippen LogP contribution in [-0.2, 0) is 4.79 Å². The Kier molecular flexibility index (Phi) is 6.04. The highest BCUT2D eigenvalue weighted by atomic mass is 16.5. The fourth-order valence-corrected chi connectivity index (χ4v) is 2.70. The van der Waals surface area contributed by atoms with Gasteiger partial charge in [-0.1, -0.05) is 18.9 Å². The van der Waals surface area contributed by atoms with E-state index in [1.54, 1.807) is 43.4 Å². The van der Waals surface area contributed by atoms with E-state index in [1.165, 1.54) is 0 Å². The van der Waals surface area contributed by atoms with Crippen molar-refractivity contribution in [3.63, 3.8) is 0 Å². The lowest BCUT2D eigenvalue weighted by Crippen LogP contribution is -2.32. The van der Waals surface area contributed by atoms with Gasteiger partial charge in [0.15, 0.2) is 11.5 Å². The van der Waals surface area contributed by atoms with Crippen LogP contribution in [0.3, 0.4) is 0 Å². The average Bonchev–Trinajstić information content (AvgIpc) is 2.88. The first-order chi connectivity index (χ1) is 11.2. The van der Waals surface area contributed by atoms with Crippen LogP contribution in [0.1, 0.15) is 31.2 Å². The zero-order chi connectivity index (χ0) is 16.7. The van der Waals surface area contributed by atoms with E-state index in [9.17, 15) is 10.1 Å². The summed E-state index contributed by atoms with van der Waals surface area (Å²) in [5.41, 5.74) is 0.890. The number of nitriles is 1. The highest BCUT2D eigenvalue weighted by molar-refractivity contribution is 6.01. The van der Waals surface area contributed by atoms with Crippen LogP contribution >= 0.6 is 0 Å². The lowest BCUT2D eigenvalue weighted by molar-refractivity contribution is -0.126. The minimum Gasteiger partial charge on any atom is -0.493 e. The average molecular weight is 314 g/mol. The van der Waals surface area contributed by atoms with Crippen LogP contribution in [0.5, 0.6) is 11.5 Å². The predicted molar refractivity (Wildman–Crippen MR) is 88.2 cm³/mol. The molecule has 1 saturated heterocycles. The van der Waals surface area contributed by atoms with Gasteiger partial charge in [-0.3, -0.25) is 4.79 Å². The number of likely N-dealkylation sites (tertiary alicyclic amines) is 1. The van der Waals surface area contributed by atoms with Crippen molar-refractivity contribution in [2.45, 2.75) is 25.7 Å². The van der Waals surface area contributed by atoms with Crippen molar-refractivity contribution in [1.82, 2.24) is 4.90 Å². The van der Waals surface area contributed by atoms with Crippen LogP contribution in [0.4, 0.5) is 0 Å². The summed E-state index contributed by atoms with van der Waals surface area (Å²) in [7, 11) is 3.12. The third kappa shape index (κ3) is 4.26. The van der Waals surface area contributed by atoms with E-state index in [0.717, 1.165) is 44.3 Å². The largest absolute Gasteiger partial charge is 0.493 e. The lowest BCUT2D eigenvalue weighted by Gasteiger charge is -2.19. The van der Waals surface area contributed by atoms with Gasteiger partial charge in [-0.15, -0.1) is 0 Å². The van der Waals surface area contributed by atoms with E-state index < -0.39 is 0 Å². The van der Waals surface area contributed by atoms with Gasteiger partial charge in [-0.25, -0.2) is 0 Å². The van der Waals surface area contributed by atoms with Gasteiger partial charge in [-0.05, 0) is 36.6 Å². The number of benzene rings is 1. The van der Waals surface area contributed by atoms with Crippen LogP contribution < -0.4 is 9.47 Å². The highest BCUT2D eigenvalue weighted by Gasteiger charge is 2.19. The molecular weight excluding hydrogens is 292 g/mol. The molecule has 0 saturated carbocycles. The molecule has 122 valence electrons. The molecule has 0 atom stereocenters. The van der Waals surface area contributed by atoms with E-state index in [-0.39, 0.29) is 11.5 Å². The molecule has 1 amide bonds. The topological polar surface area (TPSA) is 62.6 Å². The van der Waals surface area contributed by atoms with Crippen molar-refractivity contribution in [3.8, 4) is 17.6 Å². The normalized spacial score (nSPS) is 15.5. The second-order valence-electron chi connectivity index (χ2n) is 5.49. The molecule has 2 rings (SSSR count). The first-order valence-electron chi connectivity index (χ1n) is 7.82. The third-order valence-corrected chi connectivity index (χ3v) is 3.96. The van der Waals surface area contributed by atoms with Crippen LogP contribution in [0.2, 0.25) is 0 Å². The predicted octanol–water partition coefficient (Wildman–Crippen LogP) is 3.01. The number of carbonyl (C=O) groups is 1. The summed E-state index contributed by atoms with van der Waals surface area (Å²) in [6.07, 6.45) is 5.90. The molecule has 0 aromatic heterocycles. The third-order valence-electron chi connectivity index (χ3n) is 3.96. The number of carbonyl (C=O) groups excluding carboxylic acids is 1. The molecule has 0 aliphatic carbocycles. The van der Waals surface area contributed by atoms with Crippen molar-refractivity contribution in [2.75, 3.05) is 27.3 Å². The Hall–Kier alpha value is -2.48. The smallest absolute Gasteiger partial charge is 0.264 e. The monoisotopic (exact) mass is 314 g/mol. The maximum atomic E-state index is 12.5. The van der Waals surface area contributed by atoms with Crippen LogP contribution in [-0.4, -0.2) is 38.1 Å². The molecule has 23 heavy (non-hydrogen) atoms. The Labute approximate surface area is 137 Å². The Bertz CT molecular complexity index is 624. The maximum absolute atomic E-state index is 12.5. The van der Waals surface area contributed by atoms with Crippen molar-refractivity contribution in [3.05, 3.63) is 29.3 Å². The molecule has 5 heteroatoms. The molecule has 0 bridgehead atoms. The summed E-state index contributed by atoms with van der Waals surface area (Å²) in [6, 6.07) is 7.35. The summed E-state index contributed by atoms with van der Waals surface area (Å²) >= 11 is 0. The number of methoxy groups -OCH3 is 2. The number of nitrogens with zero attached hydrogens (tertiary/aromatic N) is 2. The van der Waals surface area contributed by atoms with Crippen LogP contribution in [0, 0.1) is 11.3 Å². The highest BCUT2D eigenvalue weighted by Crippen LogP contribution is 2.28. The first-order valence-corrected chi connectivity index (χ1v) is 7.82. The molecule has 1 aromatic carbocycles. The number of hydrogen-bond donors (Lipinski definition) is 0. The summed E-state index contributed by atoms with van der Waals surface area (Å²) < 4.78 is 10.4. The molecule has 1 aliphatic rings. The Morgan fingerprint density at radius 1 is 1.13 bits per heavy atom. The molecule has 0 radical (unpaired) electrons. The van der Waals surface area contributed by atoms with Gasteiger partial charge in [-0.2, -0.15) is 5.26 Å². The molecular formula is C18H22N2O3. The maximum Gasteiger partial charge on any atom is 0.264 e. The summed E-state index contributed by atoms with van der Waals surface area (Å²) in [4.78, 5) is 14.3. The fraction of sp³-hybridized carbons (Fsp3) is 0.444. The van der Waals surface area contributed by atoms with Gasteiger partial charge in [0.2, 0.25) is 0 Å². The minimum absolute atomic E-state index is 0.152. The number of rotatable bonds is 4. The van der Waals surface area contributed by atoms with Gasteiger partial charge in [0.1, 0.15) is 11.6 Å². The molecule has 5 nitrogen and oxygen atoms in total. The van der Waals surface area contributed by atoms with Gasteiger partial charge in [0.05, 0.1) is 14.2 Å². The fourth-order valence-electron chi connectivity index (χ4n) is 2.70. The Morgan fingerprint density at radius 2 is 1.78 bits per heavy atom. The second kappa shape index (κ2) is 8.23. The molecule has 1 aliphatic heterocycles. The lowest BCUT2D eigenvalue weighted by atomic mass is 10.1. The van der Waals surface area contributed by atoms with Crippen molar-refractivity contribution >= 4 is 12.0 Å². The number of hydrogen-bond acceptors (Lipinski definition) is 4. The first kappa shape index (κ1) is 16.9. The zero-order valence-electron chi connectivity index (χ0n) is 13.7. The van der Waals surface area contributed by atoms with Crippen molar-refractivity contribution in [2.24, 2.45) is 0 Å². The Balaban J connectivity index is 2.24. The van der Waals surface area contributed by atoms with E-state index in [0.29, 0.717) is 11.5 Å². The number of ether oxygens (including phenoxy) is 2. The molecule has 1 fully saturated rings. The van der Waals surface area contributed by atoms with Crippen molar-refractivity contribution < 1.29 is 14.3 Å². The Morgan fingerprint density at radius 3 is 2.35 bits per heavy atom. The van der Waals surface area contributed by atoms with Gasteiger partial charge in [0.25, 0.3) is 5.91 Å². The summed E-state index contributed by atoms with van der Waals surface area (Å²) in [6.45, 7) is 1.45. The molecule has 0 N–H and O–H groups in total. The zero-order valence-corrected chi connectivity index (χ0v) is 13.7. The summed E-state index contributed by atoms with van der Waals surface area (Å²) in [5.74, 6) is 0.993. The van der Waals surface area contributed by atoms with Crippen LogP contribution in [0.15, 0.2) is 23.8 Å². The van der Waals surface area contributed by atoms with E-state index in [2.05, 4.69) is 0 Å². The minimum atomic E-state index is -0.191. The molecule has 1 heterocycles. The molecule has 1 aromatic rings. The van der Waals surface area contributed by atoms with Crippen LogP contribution in [0.25, 0.3) is 6.08 Å².